The van der Waals surface area contributed by atoms with Crippen LogP contribution in [0.1, 0.15) is 35.3 Å². The SMILES string of the molecule is O=C(Nc1ccc(O)cc1NC1CC1)c1cnnc(C(F)F)c1. The van der Waals surface area contributed by atoms with E-state index in [1.54, 1.807) is 6.07 Å². The number of aromatic hydroxyl groups is 1. The van der Waals surface area contributed by atoms with Gasteiger partial charge in [-0.25, -0.2) is 8.78 Å². The average Bonchev–Trinajstić information content (AvgIpc) is 3.34. The lowest BCUT2D eigenvalue weighted by molar-refractivity contribution is 0.102. The molecule has 0 unspecified atom stereocenters. The van der Waals surface area contributed by atoms with E-state index in [0.29, 0.717) is 17.4 Å². The van der Waals surface area contributed by atoms with Gasteiger partial charge in [-0.3, -0.25) is 4.79 Å². The predicted octanol–water partition coefficient (Wildman–Crippen LogP) is 2.95. The molecule has 3 N–H and O–H groups in total. The largest absolute Gasteiger partial charge is 0.508 e. The molecular formula is C15H14F2N4O2. The van der Waals surface area contributed by atoms with E-state index in [0.717, 1.165) is 25.1 Å². The summed E-state index contributed by atoms with van der Waals surface area (Å²) in [5, 5.41) is 22.1. The fraction of sp³-hybridized carbons (Fsp3) is 0.267. The van der Waals surface area contributed by atoms with Crippen molar-refractivity contribution in [2.24, 2.45) is 0 Å². The number of phenolic OH excluding ortho intramolecular Hbond substituents is 1. The monoisotopic (exact) mass is 320 g/mol. The van der Waals surface area contributed by atoms with Crippen molar-refractivity contribution in [2.45, 2.75) is 25.3 Å². The van der Waals surface area contributed by atoms with Crippen LogP contribution in [0.15, 0.2) is 30.5 Å². The van der Waals surface area contributed by atoms with Crippen LogP contribution in [0.25, 0.3) is 0 Å². The minimum atomic E-state index is -2.80. The number of nitrogens with zero attached hydrogens (tertiary/aromatic N) is 2. The first-order valence-electron chi connectivity index (χ1n) is 7.04. The third-order valence-electron chi connectivity index (χ3n) is 3.35. The van der Waals surface area contributed by atoms with Crippen LogP contribution in [0.5, 0.6) is 5.75 Å². The molecule has 3 rings (SSSR count). The highest BCUT2D eigenvalue weighted by molar-refractivity contribution is 6.05. The van der Waals surface area contributed by atoms with E-state index in [1.807, 2.05) is 0 Å². The molecule has 8 heteroatoms. The highest BCUT2D eigenvalue weighted by Gasteiger charge is 2.23. The molecule has 120 valence electrons. The lowest BCUT2D eigenvalue weighted by atomic mass is 10.2. The highest BCUT2D eigenvalue weighted by Crippen LogP contribution is 2.32. The van der Waals surface area contributed by atoms with Crippen LogP contribution in [0.3, 0.4) is 0 Å². The molecule has 0 atom stereocenters. The molecule has 1 aliphatic rings. The van der Waals surface area contributed by atoms with Crippen molar-refractivity contribution in [3.8, 4) is 5.75 Å². The van der Waals surface area contributed by atoms with Crippen molar-refractivity contribution in [3.63, 3.8) is 0 Å². The summed E-state index contributed by atoms with van der Waals surface area (Å²) in [6, 6.07) is 5.80. The lowest BCUT2D eigenvalue weighted by Crippen LogP contribution is -2.15. The Balaban J connectivity index is 1.81. The number of aromatic nitrogens is 2. The molecule has 1 heterocycles. The maximum absolute atomic E-state index is 12.6. The van der Waals surface area contributed by atoms with Crippen molar-refractivity contribution in [1.82, 2.24) is 10.2 Å². The van der Waals surface area contributed by atoms with E-state index < -0.39 is 18.0 Å². The van der Waals surface area contributed by atoms with Crippen molar-refractivity contribution in [2.75, 3.05) is 10.6 Å². The van der Waals surface area contributed by atoms with Gasteiger partial charge in [-0.2, -0.15) is 5.10 Å². The molecule has 6 nitrogen and oxygen atoms in total. The normalized spacial score (nSPS) is 13.9. The summed E-state index contributed by atoms with van der Waals surface area (Å²) in [7, 11) is 0. The molecule has 1 fully saturated rings. The number of carbonyl (C=O) groups is 1. The Hall–Kier alpha value is -2.77. The van der Waals surface area contributed by atoms with Gasteiger partial charge in [0.05, 0.1) is 23.1 Å². The minimum absolute atomic E-state index is 0.0132. The van der Waals surface area contributed by atoms with Crippen LogP contribution in [-0.4, -0.2) is 27.3 Å². The Labute approximate surface area is 130 Å². The first kappa shape index (κ1) is 15.1. The van der Waals surface area contributed by atoms with E-state index in [4.69, 9.17) is 0 Å². The first-order valence-corrected chi connectivity index (χ1v) is 7.04. The molecular weight excluding hydrogens is 306 g/mol. The Morgan fingerprint density at radius 2 is 2.04 bits per heavy atom. The van der Waals surface area contributed by atoms with E-state index in [9.17, 15) is 18.7 Å². The van der Waals surface area contributed by atoms with Crippen LogP contribution < -0.4 is 10.6 Å². The molecule has 1 aromatic heterocycles. The zero-order chi connectivity index (χ0) is 16.4. The van der Waals surface area contributed by atoms with Gasteiger partial charge in [-0.1, -0.05) is 0 Å². The van der Waals surface area contributed by atoms with Gasteiger partial charge in [0.2, 0.25) is 0 Å². The molecule has 0 bridgehead atoms. The smallest absolute Gasteiger partial charge is 0.282 e. The number of halogens is 2. The van der Waals surface area contributed by atoms with Gasteiger partial charge in [0, 0.05) is 12.1 Å². The minimum Gasteiger partial charge on any atom is -0.508 e. The second-order valence-electron chi connectivity index (χ2n) is 5.27. The van der Waals surface area contributed by atoms with Crippen molar-refractivity contribution in [3.05, 3.63) is 41.7 Å². The maximum atomic E-state index is 12.6. The van der Waals surface area contributed by atoms with E-state index in [2.05, 4.69) is 20.8 Å². The first-order chi connectivity index (χ1) is 11.0. The summed E-state index contributed by atoms with van der Waals surface area (Å²) in [6.45, 7) is 0. The van der Waals surface area contributed by atoms with Crippen LogP contribution in [0.4, 0.5) is 20.2 Å². The van der Waals surface area contributed by atoms with Crippen molar-refractivity contribution >= 4 is 17.3 Å². The zero-order valence-corrected chi connectivity index (χ0v) is 12.0. The second-order valence-corrected chi connectivity index (χ2v) is 5.27. The molecule has 1 saturated carbocycles. The van der Waals surface area contributed by atoms with Crippen molar-refractivity contribution in [1.29, 1.82) is 0 Å². The van der Waals surface area contributed by atoms with Crippen LogP contribution >= 0.6 is 0 Å². The van der Waals surface area contributed by atoms with Crippen LogP contribution in [0.2, 0.25) is 0 Å². The van der Waals surface area contributed by atoms with Gasteiger partial charge in [-0.05, 0) is 31.0 Å². The maximum Gasteiger partial charge on any atom is 0.282 e. The van der Waals surface area contributed by atoms with Crippen molar-refractivity contribution < 1.29 is 18.7 Å². The number of rotatable bonds is 5. The van der Waals surface area contributed by atoms with E-state index in [1.165, 1.54) is 12.1 Å². The molecule has 1 aromatic carbocycles. The van der Waals surface area contributed by atoms with Gasteiger partial charge >= 0.3 is 0 Å². The standard InChI is InChI=1S/C15H14F2N4O2/c16-14(17)13-5-8(7-18-21-13)15(23)20-11-4-3-10(22)6-12(11)19-9-1-2-9/h3-7,9,14,19,22H,1-2H2,(H,20,23). The number of benzene rings is 1. The number of anilines is 2. The number of hydrogen-bond donors (Lipinski definition) is 3. The average molecular weight is 320 g/mol. The number of carbonyl (C=O) groups excluding carboxylic acids is 1. The zero-order valence-electron chi connectivity index (χ0n) is 12.0. The predicted molar refractivity (Wildman–Crippen MR) is 79.7 cm³/mol. The highest BCUT2D eigenvalue weighted by atomic mass is 19.3. The lowest BCUT2D eigenvalue weighted by Gasteiger charge is -2.13. The fourth-order valence-electron chi connectivity index (χ4n) is 2.02. The van der Waals surface area contributed by atoms with Gasteiger partial charge in [-0.15, -0.1) is 5.10 Å². The summed E-state index contributed by atoms with van der Waals surface area (Å²) in [4.78, 5) is 12.2. The number of hydrogen-bond acceptors (Lipinski definition) is 5. The molecule has 1 amide bonds. The fourth-order valence-corrected chi connectivity index (χ4v) is 2.02. The van der Waals surface area contributed by atoms with Crippen LogP contribution in [0, 0.1) is 0 Å². The Bertz CT molecular complexity index is 735. The van der Waals surface area contributed by atoms with Gasteiger partial charge in [0.1, 0.15) is 11.4 Å². The molecule has 1 aliphatic carbocycles. The molecule has 23 heavy (non-hydrogen) atoms. The van der Waals surface area contributed by atoms with Crippen LogP contribution in [-0.2, 0) is 0 Å². The second kappa shape index (κ2) is 6.15. The quantitative estimate of drug-likeness (QED) is 0.737. The molecule has 0 saturated heterocycles. The number of nitrogens with one attached hydrogen (secondary N) is 2. The topological polar surface area (TPSA) is 87.1 Å². The Morgan fingerprint density at radius 1 is 1.26 bits per heavy atom. The summed E-state index contributed by atoms with van der Waals surface area (Å²) >= 11 is 0. The molecule has 0 aliphatic heterocycles. The third-order valence-corrected chi connectivity index (χ3v) is 3.35. The molecule has 0 radical (unpaired) electrons. The number of alkyl halides is 2. The van der Waals surface area contributed by atoms with E-state index >= 15 is 0 Å². The summed E-state index contributed by atoms with van der Waals surface area (Å²) < 4.78 is 25.2. The summed E-state index contributed by atoms with van der Waals surface area (Å²) in [6.07, 6.45) is 0.371. The Kier molecular flexibility index (Phi) is 4.05. The number of phenols is 1. The Morgan fingerprint density at radius 3 is 2.74 bits per heavy atom. The summed E-state index contributed by atoms with van der Waals surface area (Å²) in [5.74, 6) is -0.511. The molecule has 0 spiro atoms. The van der Waals surface area contributed by atoms with Gasteiger partial charge in [0.25, 0.3) is 12.3 Å². The third kappa shape index (κ3) is 3.71. The van der Waals surface area contributed by atoms with Gasteiger partial charge < -0.3 is 15.7 Å². The van der Waals surface area contributed by atoms with E-state index in [-0.39, 0.29) is 11.3 Å². The number of amides is 1. The molecule has 2 aromatic rings. The van der Waals surface area contributed by atoms with Gasteiger partial charge in [0.15, 0.2) is 0 Å². The summed E-state index contributed by atoms with van der Waals surface area (Å²) in [5.41, 5.74) is 0.465.